The Kier molecular flexibility index (Phi) is 7.05. The van der Waals surface area contributed by atoms with Gasteiger partial charge < -0.3 is 20.5 Å². The van der Waals surface area contributed by atoms with E-state index in [1.165, 1.54) is 0 Å². The van der Waals surface area contributed by atoms with Gasteiger partial charge in [0.2, 0.25) is 5.88 Å². The van der Waals surface area contributed by atoms with E-state index in [2.05, 4.69) is 15.3 Å². The van der Waals surface area contributed by atoms with Crippen LogP contribution in [0.25, 0.3) is 0 Å². The highest BCUT2D eigenvalue weighted by Gasteiger charge is 2.01. The highest BCUT2D eigenvalue weighted by Crippen LogP contribution is 2.13. The molecule has 0 aromatic carbocycles. The van der Waals surface area contributed by atoms with Gasteiger partial charge in [0, 0.05) is 25.8 Å². The van der Waals surface area contributed by atoms with Crippen LogP contribution >= 0.6 is 0 Å². The summed E-state index contributed by atoms with van der Waals surface area (Å²) in [5.41, 5.74) is 5.32. The van der Waals surface area contributed by atoms with Crippen molar-refractivity contribution >= 4 is 5.82 Å². The normalized spacial score (nSPS) is 10.4. The highest BCUT2D eigenvalue weighted by molar-refractivity contribution is 5.38. The van der Waals surface area contributed by atoms with Gasteiger partial charge in [-0.2, -0.15) is 4.98 Å². The van der Waals surface area contributed by atoms with E-state index in [-0.39, 0.29) is 0 Å². The molecule has 18 heavy (non-hydrogen) atoms. The Hall–Kier alpha value is -1.40. The monoisotopic (exact) mass is 254 g/mol. The van der Waals surface area contributed by atoms with Crippen molar-refractivity contribution in [3.05, 3.63) is 11.9 Å². The lowest BCUT2D eigenvalue weighted by Gasteiger charge is -2.08. The average Bonchev–Trinajstić information content (AvgIpc) is 2.33. The molecule has 0 aliphatic carbocycles. The molecule has 0 radical (unpaired) electrons. The zero-order valence-corrected chi connectivity index (χ0v) is 11.1. The summed E-state index contributed by atoms with van der Waals surface area (Å²) in [5, 5.41) is 3.22. The molecule has 6 heteroatoms. The molecule has 1 aromatic rings. The van der Waals surface area contributed by atoms with Gasteiger partial charge in [-0.25, -0.2) is 4.98 Å². The second-order valence-electron chi connectivity index (χ2n) is 3.75. The fraction of sp³-hybridized carbons (Fsp3) is 0.667. The molecular formula is C12H22N4O2. The van der Waals surface area contributed by atoms with Gasteiger partial charge in [0.05, 0.1) is 13.2 Å². The van der Waals surface area contributed by atoms with E-state index < -0.39 is 0 Å². The van der Waals surface area contributed by atoms with Crippen molar-refractivity contribution in [3.63, 3.8) is 0 Å². The minimum Gasteiger partial charge on any atom is -0.478 e. The van der Waals surface area contributed by atoms with Crippen molar-refractivity contribution in [3.8, 4) is 5.88 Å². The molecule has 0 fully saturated rings. The van der Waals surface area contributed by atoms with Crippen LogP contribution in [0.2, 0.25) is 0 Å². The molecule has 0 atom stereocenters. The Bertz CT molecular complexity index is 347. The molecule has 1 rings (SSSR count). The highest BCUT2D eigenvalue weighted by atomic mass is 16.5. The number of nitrogens with two attached hydrogens (primary N) is 1. The van der Waals surface area contributed by atoms with Crippen LogP contribution in [0.3, 0.4) is 0 Å². The van der Waals surface area contributed by atoms with Gasteiger partial charge in [0.1, 0.15) is 11.6 Å². The molecule has 0 amide bonds. The molecule has 0 saturated carbocycles. The maximum absolute atomic E-state index is 5.36. The second kappa shape index (κ2) is 8.66. The first-order valence-electron chi connectivity index (χ1n) is 6.26. The van der Waals surface area contributed by atoms with Crippen LogP contribution in [0, 0.1) is 6.92 Å². The van der Waals surface area contributed by atoms with E-state index in [1.54, 1.807) is 6.07 Å². The lowest BCUT2D eigenvalue weighted by molar-refractivity contribution is 0.141. The molecule has 6 nitrogen and oxygen atoms in total. The molecule has 0 aliphatic rings. The minimum atomic E-state index is 0.566. The van der Waals surface area contributed by atoms with Gasteiger partial charge in [-0.1, -0.05) is 0 Å². The molecule has 0 saturated heterocycles. The van der Waals surface area contributed by atoms with Crippen LogP contribution in [-0.2, 0) is 4.74 Å². The minimum absolute atomic E-state index is 0.566. The molecular weight excluding hydrogens is 232 g/mol. The van der Waals surface area contributed by atoms with Crippen LogP contribution in [0.1, 0.15) is 19.2 Å². The first kappa shape index (κ1) is 14.7. The van der Waals surface area contributed by atoms with E-state index in [0.29, 0.717) is 38.1 Å². The predicted molar refractivity (Wildman–Crippen MR) is 70.9 cm³/mol. The molecule has 102 valence electrons. The Morgan fingerprint density at radius 1 is 1.33 bits per heavy atom. The van der Waals surface area contributed by atoms with E-state index in [0.717, 1.165) is 18.8 Å². The topological polar surface area (TPSA) is 82.3 Å². The van der Waals surface area contributed by atoms with Gasteiger partial charge in [-0.3, -0.25) is 0 Å². The summed E-state index contributed by atoms with van der Waals surface area (Å²) in [6.45, 7) is 7.05. The number of hydrogen-bond acceptors (Lipinski definition) is 6. The van der Waals surface area contributed by atoms with E-state index >= 15 is 0 Å². The van der Waals surface area contributed by atoms with E-state index in [9.17, 15) is 0 Å². The van der Waals surface area contributed by atoms with E-state index in [4.69, 9.17) is 15.2 Å². The van der Waals surface area contributed by atoms with Crippen LogP contribution in [0.15, 0.2) is 6.07 Å². The third-order valence-corrected chi connectivity index (χ3v) is 2.14. The van der Waals surface area contributed by atoms with Gasteiger partial charge in [-0.05, 0) is 20.3 Å². The van der Waals surface area contributed by atoms with Crippen LogP contribution in [0.5, 0.6) is 5.88 Å². The summed E-state index contributed by atoms with van der Waals surface area (Å²) >= 11 is 0. The van der Waals surface area contributed by atoms with Crippen molar-refractivity contribution < 1.29 is 9.47 Å². The molecule has 0 unspecified atom stereocenters. The quantitative estimate of drug-likeness (QED) is 0.639. The first-order valence-corrected chi connectivity index (χ1v) is 6.26. The number of nitrogens with one attached hydrogen (secondary N) is 1. The standard InChI is InChI=1S/C12H22N4O2/c1-3-18-12-9-11(15-10(2)16-12)14-6-4-7-17-8-5-13/h9H,3-8,13H2,1-2H3,(H,14,15,16). The summed E-state index contributed by atoms with van der Waals surface area (Å²) in [7, 11) is 0. The van der Waals surface area contributed by atoms with Crippen LogP contribution < -0.4 is 15.8 Å². The Morgan fingerprint density at radius 2 is 2.17 bits per heavy atom. The van der Waals surface area contributed by atoms with Gasteiger partial charge in [0.25, 0.3) is 0 Å². The van der Waals surface area contributed by atoms with Crippen molar-refractivity contribution in [1.29, 1.82) is 0 Å². The Labute approximate surface area is 108 Å². The lowest BCUT2D eigenvalue weighted by Crippen LogP contribution is -2.12. The fourth-order valence-electron chi connectivity index (χ4n) is 1.43. The number of ether oxygens (including phenoxy) is 2. The lowest BCUT2D eigenvalue weighted by atomic mass is 10.4. The number of anilines is 1. The molecule has 3 N–H and O–H groups in total. The first-order chi connectivity index (χ1) is 8.76. The molecule has 0 bridgehead atoms. The second-order valence-corrected chi connectivity index (χ2v) is 3.75. The molecule has 1 heterocycles. The largest absolute Gasteiger partial charge is 0.478 e. The number of nitrogens with zero attached hydrogens (tertiary/aromatic N) is 2. The summed E-state index contributed by atoms with van der Waals surface area (Å²) < 4.78 is 10.6. The van der Waals surface area contributed by atoms with Gasteiger partial charge in [-0.15, -0.1) is 0 Å². The van der Waals surface area contributed by atoms with Crippen molar-refractivity contribution in [1.82, 2.24) is 9.97 Å². The molecule has 0 spiro atoms. The van der Waals surface area contributed by atoms with Gasteiger partial charge in [0.15, 0.2) is 0 Å². The van der Waals surface area contributed by atoms with Gasteiger partial charge >= 0.3 is 0 Å². The number of aromatic nitrogens is 2. The third-order valence-electron chi connectivity index (χ3n) is 2.14. The van der Waals surface area contributed by atoms with Crippen molar-refractivity contribution in [2.75, 3.05) is 38.2 Å². The summed E-state index contributed by atoms with van der Waals surface area (Å²) in [6.07, 6.45) is 0.910. The number of hydrogen-bond donors (Lipinski definition) is 2. The van der Waals surface area contributed by atoms with Crippen molar-refractivity contribution in [2.24, 2.45) is 5.73 Å². The Balaban J connectivity index is 2.32. The molecule has 0 aliphatic heterocycles. The maximum atomic E-state index is 5.36. The summed E-state index contributed by atoms with van der Waals surface area (Å²) in [4.78, 5) is 8.47. The molecule has 1 aromatic heterocycles. The summed E-state index contributed by atoms with van der Waals surface area (Å²) in [6, 6.07) is 1.80. The maximum Gasteiger partial charge on any atom is 0.218 e. The zero-order chi connectivity index (χ0) is 13.2. The third kappa shape index (κ3) is 5.79. The van der Waals surface area contributed by atoms with Crippen LogP contribution in [0.4, 0.5) is 5.82 Å². The number of aryl methyl sites for hydroxylation is 1. The van der Waals surface area contributed by atoms with Crippen LogP contribution in [-0.4, -0.2) is 42.9 Å². The average molecular weight is 254 g/mol. The van der Waals surface area contributed by atoms with E-state index in [1.807, 2.05) is 13.8 Å². The SMILES string of the molecule is CCOc1cc(NCCCOCCN)nc(C)n1. The van der Waals surface area contributed by atoms with Crippen molar-refractivity contribution in [2.45, 2.75) is 20.3 Å². The summed E-state index contributed by atoms with van der Waals surface area (Å²) in [5.74, 6) is 2.08. The smallest absolute Gasteiger partial charge is 0.218 e. The Morgan fingerprint density at radius 3 is 2.89 bits per heavy atom. The predicted octanol–water partition coefficient (Wildman–Crippen LogP) is 0.961. The fourth-order valence-corrected chi connectivity index (χ4v) is 1.43. The zero-order valence-electron chi connectivity index (χ0n) is 11.1. The number of rotatable bonds is 9.